The van der Waals surface area contributed by atoms with Crippen molar-refractivity contribution >= 4 is 33.4 Å². The zero-order valence-corrected chi connectivity index (χ0v) is 12.1. The highest BCUT2D eigenvalue weighted by Crippen LogP contribution is 2.25. The molecule has 1 unspecified atom stereocenters. The maximum Gasteiger partial charge on any atom is 0.254 e. The van der Waals surface area contributed by atoms with E-state index in [9.17, 15) is 4.79 Å². The van der Waals surface area contributed by atoms with Gasteiger partial charge in [-0.15, -0.1) is 0 Å². The molecule has 1 heterocycles. The lowest BCUT2D eigenvalue weighted by Gasteiger charge is -2.33. The zero-order chi connectivity index (χ0) is 12.4. The van der Waals surface area contributed by atoms with E-state index >= 15 is 0 Å². The Bertz CT molecular complexity index is 435. The van der Waals surface area contributed by atoms with Gasteiger partial charge in [-0.05, 0) is 60.3 Å². The van der Waals surface area contributed by atoms with Crippen LogP contribution in [0.25, 0.3) is 0 Å². The average Bonchev–Trinajstić information content (AvgIpc) is 2.32. The number of hydrogen-bond acceptors (Lipinski definition) is 1. The van der Waals surface area contributed by atoms with Crippen LogP contribution in [0.5, 0.6) is 0 Å². The van der Waals surface area contributed by atoms with Crippen molar-refractivity contribution in [1.29, 1.82) is 0 Å². The van der Waals surface area contributed by atoms with Crippen LogP contribution in [-0.2, 0) is 0 Å². The van der Waals surface area contributed by atoms with Gasteiger partial charge >= 0.3 is 0 Å². The first-order valence-corrected chi connectivity index (χ1v) is 7.02. The molecule has 0 aromatic heterocycles. The molecule has 1 amide bonds. The molecule has 2 rings (SSSR count). The summed E-state index contributed by atoms with van der Waals surface area (Å²) in [5, 5.41) is 0.584. The Labute approximate surface area is 115 Å². The van der Waals surface area contributed by atoms with Gasteiger partial charge in [0.05, 0.1) is 5.02 Å². The molecule has 0 N–H and O–H groups in total. The molecule has 0 radical (unpaired) electrons. The Morgan fingerprint density at radius 2 is 2.24 bits per heavy atom. The summed E-state index contributed by atoms with van der Waals surface area (Å²) in [6.07, 6.45) is 3.41. The number of hydrogen-bond donors (Lipinski definition) is 0. The highest BCUT2D eigenvalue weighted by atomic mass is 79.9. The van der Waals surface area contributed by atoms with Crippen molar-refractivity contribution in [3.8, 4) is 0 Å². The standard InChI is InChI=1S/C13H15BrClNO/c1-9-4-2-3-7-16(9)13(17)10-5-6-11(14)12(15)8-10/h5-6,8-9H,2-4,7H2,1H3. The molecule has 0 aliphatic carbocycles. The fraction of sp³-hybridized carbons (Fsp3) is 0.462. The van der Waals surface area contributed by atoms with Gasteiger partial charge in [-0.25, -0.2) is 0 Å². The lowest BCUT2D eigenvalue weighted by molar-refractivity contribution is 0.0635. The van der Waals surface area contributed by atoms with E-state index in [0.717, 1.165) is 23.9 Å². The molecular formula is C13H15BrClNO. The molecule has 0 saturated carbocycles. The Balaban J connectivity index is 2.21. The molecule has 1 atom stereocenters. The van der Waals surface area contributed by atoms with Crippen molar-refractivity contribution in [2.45, 2.75) is 32.2 Å². The topological polar surface area (TPSA) is 20.3 Å². The second-order valence-electron chi connectivity index (χ2n) is 4.47. The maximum absolute atomic E-state index is 12.3. The summed E-state index contributed by atoms with van der Waals surface area (Å²) in [7, 11) is 0. The van der Waals surface area contributed by atoms with Gasteiger partial charge in [0.25, 0.3) is 5.91 Å². The van der Waals surface area contributed by atoms with Crippen molar-refractivity contribution in [3.63, 3.8) is 0 Å². The van der Waals surface area contributed by atoms with Gasteiger partial charge in [-0.1, -0.05) is 11.6 Å². The SMILES string of the molecule is CC1CCCCN1C(=O)c1ccc(Br)c(Cl)c1. The predicted octanol–water partition coefficient (Wildman–Crippen LogP) is 4.12. The second-order valence-corrected chi connectivity index (χ2v) is 5.73. The Morgan fingerprint density at radius 3 is 2.88 bits per heavy atom. The van der Waals surface area contributed by atoms with E-state index in [-0.39, 0.29) is 5.91 Å². The predicted molar refractivity (Wildman–Crippen MR) is 73.5 cm³/mol. The van der Waals surface area contributed by atoms with Crippen LogP contribution in [0.1, 0.15) is 36.5 Å². The molecule has 4 heteroatoms. The molecule has 0 spiro atoms. The van der Waals surface area contributed by atoms with E-state index in [1.807, 2.05) is 17.0 Å². The summed E-state index contributed by atoms with van der Waals surface area (Å²) in [5.74, 6) is 0.0894. The third kappa shape index (κ3) is 2.83. The van der Waals surface area contributed by atoms with E-state index < -0.39 is 0 Å². The highest BCUT2D eigenvalue weighted by Gasteiger charge is 2.24. The third-order valence-electron chi connectivity index (χ3n) is 3.23. The smallest absolute Gasteiger partial charge is 0.254 e. The summed E-state index contributed by atoms with van der Waals surface area (Å²) in [6.45, 7) is 2.96. The van der Waals surface area contributed by atoms with Gasteiger partial charge in [0, 0.05) is 22.6 Å². The number of carbonyl (C=O) groups is 1. The van der Waals surface area contributed by atoms with Crippen LogP contribution in [0.2, 0.25) is 5.02 Å². The molecule has 1 fully saturated rings. The maximum atomic E-state index is 12.3. The third-order valence-corrected chi connectivity index (χ3v) is 4.46. The van der Waals surface area contributed by atoms with Crippen molar-refractivity contribution in [3.05, 3.63) is 33.3 Å². The number of nitrogens with zero attached hydrogens (tertiary/aromatic N) is 1. The fourth-order valence-electron chi connectivity index (χ4n) is 2.19. The van der Waals surface area contributed by atoms with Gasteiger partial charge < -0.3 is 4.90 Å². The first-order valence-electron chi connectivity index (χ1n) is 5.85. The number of piperidine rings is 1. The first kappa shape index (κ1) is 12.9. The van der Waals surface area contributed by atoms with Gasteiger partial charge in [-0.2, -0.15) is 0 Å². The zero-order valence-electron chi connectivity index (χ0n) is 9.75. The average molecular weight is 317 g/mol. The van der Waals surface area contributed by atoms with E-state index in [2.05, 4.69) is 22.9 Å². The summed E-state index contributed by atoms with van der Waals surface area (Å²) in [5.41, 5.74) is 0.673. The largest absolute Gasteiger partial charge is 0.336 e. The summed E-state index contributed by atoms with van der Waals surface area (Å²) in [6, 6.07) is 5.71. The lowest BCUT2D eigenvalue weighted by atomic mass is 10.0. The van der Waals surface area contributed by atoms with Gasteiger partial charge in [0.15, 0.2) is 0 Å². The minimum absolute atomic E-state index is 0.0894. The van der Waals surface area contributed by atoms with Crippen LogP contribution >= 0.6 is 27.5 Å². The molecule has 0 bridgehead atoms. The van der Waals surface area contributed by atoms with Gasteiger partial charge in [-0.3, -0.25) is 4.79 Å². The number of amides is 1. The van der Waals surface area contributed by atoms with Crippen LogP contribution in [0.4, 0.5) is 0 Å². The van der Waals surface area contributed by atoms with Crippen LogP contribution in [-0.4, -0.2) is 23.4 Å². The molecule has 1 aliphatic heterocycles. The Morgan fingerprint density at radius 1 is 1.47 bits per heavy atom. The summed E-state index contributed by atoms with van der Waals surface area (Å²) >= 11 is 9.35. The van der Waals surface area contributed by atoms with Crippen LogP contribution in [0.3, 0.4) is 0 Å². The van der Waals surface area contributed by atoms with E-state index in [4.69, 9.17) is 11.6 Å². The molecule has 1 aromatic carbocycles. The molecule has 1 saturated heterocycles. The molecular weight excluding hydrogens is 302 g/mol. The molecule has 1 aromatic rings. The number of carbonyl (C=O) groups excluding carboxylic acids is 1. The second kappa shape index (κ2) is 5.40. The van der Waals surface area contributed by atoms with E-state index in [1.54, 1.807) is 6.07 Å². The van der Waals surface area contributed by atoms with Crippen LogP contribution in [0.15, 0.2) is 22.7 Å². The monoisotopic (exact) mass is 315 g/mol. The Kier molecular flexibility index (Phi) is 4.10. The van der Waals surface area contributed by atoms with Crippen molar-refractivity contribution in [2.24, 2.45) is 0 Å². The number of benzene rings is 1. The van der Waals surface area contributed by atoms with Crippen molar-refractivity contribution in [1.82, 2.24) is 4.90 Å². The Hall–Kier alpha value is -0.540. The van der Waals surface area contributed by atoms with Crippen LogP contribution < -0.4 is 0 Å². The molecule has 17 heavy (non-hydrogen) atoms. The first-order chi connectivity index (χ1) is 8.09. The molecule has 2 nitrogen and oxygen atoms in total. The van der Waals surface area contributed by atoms with Crippen LogP contribution in [0, 0.1) is 0 Å². The van der Waals surface area contributed by atoms with Gasteiger partial charge in [0.2, 0.25) is 0 Å². The lowest BCUT2D eigenvalue weighted by Crippen LogP contribution is -2.42. The summed E-state index contributed by atoms with van der Waals surface area (Å²) in [4.78, 5) is 14.3. The highest BCUT2D eigenvalue weighted by molar-refractivity contribution is 9.10. The van der Waals surface area contributed by atoms with Gasteiger partial charge in [0.1, 0.15) is 0 Å². The number of likely N-dealkylation sites (tertiary alicyclic amines) is 1. The number of rotatable bonds is 1. The minimum atomic E-state index is 0.0894. The minimum Gasteiger partial charge on any atom is -0.336 e. The molecule has 92 valence electrons. The van der Waals surface area contributed by atoms with Crippen molar-refractivity contribution in [2.75, 3.05) is 6.54 Å². The van der Waals surface area contributed by atoms with E-state index in [0.29, 0.717) is 16.6 Å². The number of halogens is 2. The van der Waals surface area contributed by atoms with E-state index in [1.165, 1.54) is 6.42 Å². The van der Waals surface area contributed by atoms with Crippen molar-refractivity contribution < 1.29 is 4.79 Å². The quantitative estimate of drug-likeness (QED) is 0.763. The fourth-order valence-corrected chi connectivity index (χ4v) is 2.62. The molecule has 1 aliphatic rings. The normalized spacial score (nSPS) is 20.4. The summed E-state index contributed by atoms with van der Waals surface area (Å²) < 4.78 is 0.822.